The molecule has 17 heavy (non-hydrogen) atoms. The second kappa shape index (κ2) is 5.50. The third-order valence-electron chi connectivity index (χ3n) is 2.04. The van der Waals surface area contributed by atoms with Crippen LogP contribution in [0, 0.1) is 0 Å². The predicted octanol–water partition coefficient (Wildman–Crippen LogP) is 3.27. The molecule has 0 aliphatic rings. The van der Waals surface area contributed by atoms with Gasteiger partial charge < -0.3 is 10.1 Å². The lowest BCUT2D eigenvalue weighted by molar-refractivity contribution is 0.340. The molecule has 0 fully saturated rings. The SMILES string of the molecule is CCOc1ccc(Nc2cncc(Cl)n2)cc1. The summed E-state index contributed by atoms with van der Waals surface area (Å²) in [5.41, 5.74) is 0.907. The molecule has 0 saturated heterocycles. The van der Waals surface area contributed by atoms with Crippen LogP contribution in [0.3, 0.4) is 0 Å². The summed E-state index contributed by atoms with van der Waals surface area (Å²) in [4.78, 5) is 8.03. The van der Waals surface area contributed by atoms with Crippen LogP contribution in [0.1, 0.15) is 6.92 Å². The number of aromatic nitrogens is 2. The highest BCUT2D eigenvalue weighted by molar-refractivity contribution is 6.29. The Kier molecular flexibility index (Phi) is 3.77. The number of rotatable bonds is 4. The zero-order chi connectivity index (χ0) is 12.1. The van der Waals surface area contributed by atoms with Gasteiger partial charge >= 0.3 is 0 Å². The van der Waals surface area contributed by atoms with E-state index in [2.05, 4.69) is 15.3 Å². The number of nitrogens with one attached hydrogen (secondary N) is 1. The van der Waals surface area contributed by atoms with Crippen molar-refractivity contribution in [3.8, 4) is 5.75 Å². The zero-order valence-corrected chi connectivity index (χ0v) is 10.1. The third kappa shape index (κ3) is 3.32. The number of nitrogens with zero attached hydrogens (tertiary/aromatic N) is 2. The van der Waals surface area contributed by atoms with Gasteiger partial charge in [0, 0.05) is 5.69 Å². The summed E-state index contributed by atoms with van der Waals surface area (Å²) >= 11 is 5.74. The van der Waals surface area contributed by atoms with Crippen LogP contribution in [0.2, 0.25) is 5.15 Å². The summed E-state index contributed by atoms with van der Waals surface area (Å²) in [5.74, 6) is 1.46. The van der Waals surface area contributed by atoms with Crippen molar-refractivity contribution in [2.45, 2.75) is 6.92 Å². The second-order valence-electron chi connectivity index (χ2n) is 3.31. The molecule has 0 aliphatic carbocycles. The molecule has 5 heteroatoms. The molecule has 1 N–H and O–H groups in total. The van der Waals surface area contributed by atoms with Gasteiger partial charge in [0.2, 0.25) is 0 Å². The van der Waals surface area contributed by atoms with Gasteiger partial charge in [-0.05, 0) is 31.2 Å². The highest BCUT2D eigenvalue weighted by atomic mass is 35.5. The van der Waals surface area contributed by atoms with Gasteiger partial charge in [-0.1, -0.05) is 11.6 Å². The van der Waals surface area contributed by atoms with Crippen molar-refractivity contribution in [1.29, 1.82) is 0 Å². The van der Waals surface area contributed by atoms with E-state index in [4.69, 9.17) is 16.3 Å². The van der Waals surface area contributed by atoms with Crippen molar-refractivity contribution < 1.29 is 4.74 Å². The number of hydrogen-bond donors (Lipinski definition) is 1. The predicted molar refractivity (Wildman–Crippen MR) is 67.9 cm³/mol. The van der Waals surface area contributed by atoms with Crippen LogP contribution in [0.25, 0.3) is 0 Å². The fourth-order valence-corrected chi connectivity index (χ4v) is 1.50. The standard InChI is InChI=1S/C12H12ClN3O/c1-2-17-10-5-3-9(4-6-10)15-12-8-14-7-11(13)16-12/h3-8H,2H2,1H3,(H,15,16). The molecule has 0 atom stereocenters. The van der Waals surface area contributed by atoms with Crippen molar-refractivity contribution in [2.24, 2.45) is 0 Å². The van der Waals surface area contributed by atoms with Crippen LogP contribution in [-0.2, 0) is 0 Å². The Hall–Kier alpha value is -1.81. The van der Waals surface area contributed by atoms with E-state index < -0.39 is 0 Å². The highest BCUT2D eigenvalue weighted by Gasteiger charge is 1.98. The van der Waals surface area contributed by atoms with Crippen molar-refractivity contribution in [3.05, 3.63) is 41.8 Å². The smallest absolute Gasteiger partial charge is 0.150 e. The van der Waals surface area contributed by atoms with E-state index in [1.165, 1.54) is 6.20 Å². The minimum absolute atomic E-state index is 0.362. The Labute approximate surface area is 105 Å². The Morgan fingerprint density at radius 3 is 2.65 bits per heavy atom. The van der Waals surface area contributed by atoms with Gasteiger partial charge in [0.1, 0.15) is 10.9 Å². The first-order valence-corrected chi connectivity index (χ1v) is 5.63. The fraction of sp³-hybridized carbons (Fsp3) is 0.167. The van der Waals surface area contributed by atoms with Crippen LogP contribution in [0.5, 0.6) is 5.75 Å². The van der Waals surface area contributed by atoms with E-state index in [9.17, 15) is 0 Å². The molecule has 1 heterocycles. The Morgan fingerprint density at radius 2 is 2.00 bits per heavy atom. The van der Waals surface area contributed by atoms with Gasteiger partial charge in [-0.2, -0.15) is 0 Å². The van der Waals surface area contributed by atoms with E-state index in [0.29, 0.717) is 17.6 Å². The van der Waals surface area contributed by atoms with E-state index in [1.807, 2.05) is 31.2 Å². The molecule has 1 aromatic heterocycles. The lowest BCUT2D eigenvalue weighted by atomic mass is 10.3. The molecule has 2 rings (SSSR count). The first kappa shape index (κ1) is 11.7. The summed E-state index contributed by atoms with van der Waals surface area (Å²) in [6, 6.07) is 7.61. The first-order chi connectivity index (χ1) is 8.28. The summed E-state index contributed by atoms with van der Waals surface area (Å²) in [6.07, 6.45) is 3.10. The van der Waals surface area contributed by atoms with Gasteiger partial charge in [0.15, 0.2) is 5.82 Å². The molecule has 1 aromatic carbocycles. The van der Waals surface area contributed by atoms with Crippen LogP contribution >= 0.6 is 11.6 Å². The first-order valence-electron chi connectivity index (χ1n) is 5.25. The van der Waals surface area contributed by atoms with Gasteiger partial charge in [-0.3, -0.25) is 4.98 Å². The fourth-order valence-electron chi connectivity index (χ4n) is 1.35. The van der Waals surface area contributed by atoms with Crippen molar-refractivity contribution in [2.75, 3.05) is 11.9 Å². The molecule has 0 spiro atoms. The average molecular weight is 250 g/mol. The molecular weight excluding hydrogens is 238 g/mol. The van der Waals surface area contributed by atoms with E-state index in [1.54, 1.807) is 6.20 Å². The lowest BCUT2D eigenvalue weighted by Crippen LogP contribution is -1.95. The third-order valence-corrected chi connectivity index (χ3v) is 2.22. The van der Waals surface area contributed by atoms with Crippen molar-refractivity contribution in [1.82, 2.24) is 9.97 Å². The second-order valence-corrected chi connectivity index (χ2v) is 3.70. The van der Waals surface area contributed by atoms with Gasteiger partial charge in [-0.25, -0.2) is 4.98 Å². The van der Waals surface area contributed by atoms with Crippen LogP contribution in [0.15, 0.2) is 36.7 Å². The lowest BCUT2D eigenvalue weighted by Gasteiger charge is -2.07. The van der Waals surface area contributed by atoms with Crippen molar-refractivity contribution in [3.63, 3.8) is 0 Å². The molecule has 2 aromatic rings. The number of ether oxygens (including phenoxy) is 1. The maximum Gasteiger partial charge on any atom is 0.150 e. The summed E-state index contributed by atoms with van der Waals surface area (Å²) < 4.78 is 5.35. The summed E-state index contributed by atoms with van der Waals surface area (Å²) in [7, 11) is 0. The van der Waals surface area contributed by atoms with Crippen molar-refractivity contribution >= 4 is 23.1 Å². The summed E-state index contributed by atoms with van der Waals surface area (Å²) in [5, 5.41) is 3.46. The molecule has 4 nitrogen and oxygen atoms in total. The highest BCUT2D eigenvalue weighted by Crippen LogP contribution is 2.19. The summed E-state index contributed by atoms with van der Waals surface area (Å²) in [6.45, 7) is 2.61. The molecule has 88 valence electrons. The topological polar surface area (TPSA) is 47.0 Å². The monoisotopic (exact) mass is 249 g/mol. The number of anilines is 2. The van der Waals surface area contributed by atoms with Crippen LogP contribution < -0.4 is 10.1 Å². The number of halogens is 1. The maximum absolute atomic E-state index is 5.74. The Morgan fingerprint density at radius 1 is 1.24 bits per heavy atom. The Balaban J connectivity index is 2.08. The van der Waals surface area contributed by atoms with E-state index >= 15 is 0 Å². The minimum Gasteiger partial charge on any atom is -0.494 e. The normalized spacial score (nSPS) is 10.0. The van der Waals surface area contributed by atoms with E-state index in [-0.39, 0.29) is 0 Å². The van der Waals surface area contributed by atoms with Gasteiger partial charge in [-0.15, -0.1) is 0 Å². The molecule has 0 unspecified atom stereocenters. The van der Waals surface area contributed by atoms with Crippen LogP contribution in [0.4, 0.5) is 11.5 Å². The molecule has 0 bridgehead atoms. The van der Waals surface area contributed by atoms with Crippen LogP contribution in [-0.4, -0.2) is 16.6 Å². The van der Waals surface area contributed by atoms with E-state index in [0.717, 1.165) is 11.4 Å². The largest absolute Gasteiger partial charge is 0.494 e. The average Bonchev–Trinajstić information content (AvgIpc) is 2.32. The molecular formula is C12H12ClN3O. The molecule has 0 saturated carbocycles. The molecule has 0 aliphatic heterocycles. The maximum atomic E-state index is 5.74. The number of hydrogen-bond acceptors (Lipinski definition) is 4. The van der Waals surface area contributed by atoms with Gasteiger partial charge in [0.25, 0.3) is 0 Å². The number of benzene rings is 1. The molecule has 0 radical (unpaired) electrons. The Bertz CT molecular complexity index is 487. The minimum atomic E-state index is 0.362. The quantitative estimate of drug-likeness (QED) is 0.903. The zero-order valence-electron chi connectivity index (χ0n) is 9.35. The molecule has 0 amide bonds. The van der Waals surface area contributed by atoms with Gasteiger partial charge in [0.05, 0.1) is 19.0 Å².